The van der Waals surface area contributed by atoms with Crippen molar-refractivity contribution >= 4 is 55.5 Å². The van der Waals surface area contributed by atoms with Crippen molar-refractivity contribution in [3.8, 4) is 0 Å². The first-order valence-electron chi connectivity index (χ1n) is 9.97. The number of aryl methyl sites for hydroxylation is 1. The number of carbonyl (C=O) groups is 2. The first kappa shape index (κ1) is 20.5. The number of carbonyl (C=O) groups excluding carboxylic acids is 2. The van der Waals surface area contributed by atoms with E-state index < -0.39 is 23.5 Å². The summed E-state index contributed by atoms with van der Waals surface area (Å²) >= 11 is 2.71. The topological polar surface area (TPSA) is 70.5 Å². The molecule has 1 aliphatic heterocycles. The van der Waals surface area contributed by atoms with E-state index in [0.717, 1.165) is 27.1 Å². The van der Waals surface area contributed by atoms with E-state index in [-0.39, 0.29) is 16.9 Å². The minimum Gasteiger partial charge on any atom is -0.507 e. The fraction of sp³-hybridized carbons (Fsp3) is 0.125. The number of amides is 1. The number of hydrogen-bond acceptors (Lipinski definition) is 6. The molecule has 5 nitrogen and oxygen atoms in total. The number of ketones is 1. The molecule has 0 bridgehead atoms. The van der Waals surface area contributed by atoms with Crippen molar-refractivity contribution in [2.24, 2.45) is 0 Å². The largest absolute Gasteiger partial charge is 0.507 e. The maximum Gasteiger partial charge on any atom is 0.301 e. The lowest BCUT2D eigenvalue weighted by atomic mass is 10.00. The van der Waals surface area contributed by atoms with Gasteiger partial charge in [-0.3, -0.25) is 14.5 Å². The van der Waals surface area contributed by atoms with Gasteiger partial charge in [-0.2, -0.15) is 0 Å². The van der Waals surface area contributed by atoms with Crippen LogP contribution in [0.5, 0.6) is 0 Å². The van der Waals surface area contributed by atoms with Gasteiger partial charge in [0.2, 0.25) is 0 Å². The molecule has 0 saturated carbocycles. The molecule has 32 heavy (non-hydrogen) atoms. The summed E-state index contributed by atoms with van der Waals surface area (Å²) in [5.41, 5.74) is 2.13. The van der Waals surface area contributed by atoms with Crippen LogP contribution in [0, 0.1) is 5.82 Å². The molecule has 1 atom stereocenters. The predicted molar refractivity (Wildman–Crippen MR) is 124 cm³/mol. The second-order valence-corrected chi connectivity index (χ2v) is 9.33. The molecule has 2 aromatic heterocycles. The van der Waals surface area contributed by atoms with E-state index in [9.17, 15) is 19.1 Å². The number of thiophene rings is 1. The second kappa shape index (κ2) is 7.96. The first-order valence-corrected chi connectivity index (χ1v) is 11.7. The van der Waals surface area contributed by atoms with E-state index in [2.05, 4.69) is 11.9 Å². The van der Waals surface area contributed by atoms with E-state index in [1.54, 1.807) is 0 Å². The number of thiazole rings is 1. The summed E-state index contributed by atoms with van der Waals surface area (Å²) in [5.74, 6) is -2.34. The highest BCUT2D eigenvalue weighted by molar-refractivity contribution is 7.22. The molecule has 0 spiro atoms. The summed E-state index contributed by atoms with van der Waals surface area (Å²) in [5, 5.41) is 13.2. The lowest BCUT2D eigenvalue weighted by Gasteiger charge is -2.21. The van der Waals surface area contributed by atoms with Crippen LogP contribution in [0.25, 0.3) is 16.0 Å². The van der Waals surface area contributed by atoms with E-state index in [0.29, 0.717) is 5.13 Å². The molecule has 1 N–H and O–H groups in total. The Hall–Kier alpha value is -3.36. The normalized spacial score (nSPS) is 18.1. The minimum absolute atomic E-state index is 0.0300. The Balaban J connectivity index is 1.69. The van der Waals surface area contributed by atoms with Crippen LogP contribution < -0.4 is 4.90 Å². The van der Waals surface area contributed by atoms with Gasteiger partial charge >= 0.3 is 5.91 Å². The van der Waals surface area contributed by atoms with Crippen molar-refractivity contribution in [3.63, 3.8) is 0 Å². The molecule has 1 aliphatic rings. The van der Waals surface area contributed by atoms with Gasteiger partial charge in [-0.05, 0) is 59.8 Å². The van der Waals surface area contributed by atoms with Crippen LogP contribution in [0.4, 0.5) is 9.52 Å². The summed E-state index contributed by atoms with van der Waals surface area (Å²) in [6, 6.07) is 13.9. The molecule has 1 amide bonds. The Morgan fingerprint density at radius 3 is 2.62 bits per heavy atom. The van der Waals surface area contributed by atoms with Gasteiger partial charge in [0, 0.05) is 10.4 Å². The van der Waals surface area contributed by atoms with Gasteiger partial charge in [0.1, 0.15) is 17.6 Å². The molecular weight excluding hydrogens is 447 g/mol. The number of benzene rings is 2. The molecule has 1 unspecified atom stereocenters. The number of fused-ring (bicyclic) bond motifs is 1. The summed E-state index contributed by atoms with van der Waals surface area (Å²) in [6.45, 7) is 2.06. The van der Waals surface area contributed by atoms with Gasteiger partial charge in [0.25, 0.3) is 5.78 Å². The third kappa shape index (κ3) is 3.32. The van der Waals surface area contributed by atoms with Crippen LogP contribution in [0.15, 0.2) is 65.6 Å². The maximum atomic E-state index is 13.4. The molecule has 8 heteroatoms. The number of aliphatic hydroxyl groups is 1. The summed E-state index contributed by atoms with van der Waals surface area (Å²) in [6.07, 6.45) is 0.876. The standard InChI is InChI=1S/C24H17FN2O3S2/c1-2-13-5-10-16-18(12-13)32-24(26-16)27-20(17-4-3-11-31-17)19(22(29)23(27)30)21(28)14-6-8-15(25)9-7-14/h3-12,20,28H,2H2,1H3. The average molecular weight is 465 g/mol. The zero-order valence-corrected chi connectivity index (χ0v) is 18.5. The highest BCUT2D eigenvalue weighted by Gasteiger charge is 2.48. The highest BCUT2D eigenvalue weighted by atomic mass is 32.1. The van der Waals surface area contributed by atoms with E-state index in [4.69, 9.17) is 0 Å². The Morgan fingerprint density at radius 1 is 1.16 bits per heavy atom. The molecule has 3 heterocycles. The molecule has 1 fully saturated rings. The maximum absolute atomic E-state index is 13.4. The van der Waals surface area contributed by atoms with Crippen LogP contribution in [0.3, 0.4) is 0 Å². The molecule has 4 aromatic rings. The van der Waals surface area contributed by atoms with Crippen LogP contribution in [-0.2, 0) is 16.0 Å². The third-order valence-corrected chi connectivity index (χ3v) is 7.37. The van der Waals surface area contributed by atoms with Crippen molar-refractivity contribution in [3.05, 3.63) is 87.4 Å². The summed E-state index contributed by atoms with van der Waals surface area (Å²) in [4.78, 5) is 32.9. The SMILES string of the molecule is CCc1ccc2nc(N3C(=O)C(=O)C(=C(O)c4ccc(F)cc4)C3c3cccs3)sc2c1. The zero-order chi connectivity index (χ0) is 22.4. The number of hydrogen-bond donors (Lipinski definition) is 1. The number of aliphatic hydroxyl groups excluding tert-OH is 1. The van der Waals surface area contributed by atoms with E-state index in [1.807, 2.05) is 35.7 Å². The van der Waals surface area contributed by atoms with Crippen molar-refractivity contribution in [1.82, 2.24) is 4.98 Å². The minimum atomic E-state index is -0.814. The van der Waals surface area contributed by atoms with Crippen molar-refractivity contribution < 1.29 is 19.1 Å². The van der Waals surface area contributed by atoms with Crippen molar-refractivity contribution in [2.75, 3.05) is 4.90 Å². The Bertz CT molecular complexity index is 1370. The van der Waals surface area contributed by atoms with Crippen LogP contribution in [-0.4, -0.2) is 21.8 Å². The molecule has 5 rings (SSSR count). The van der Waals surface area contributed by atoms with Gasteiger partial charge in [-0.25, -0.2) is 9.37 Å². The van der Waals surface area contributed by atoms with Crippen molar-refractivity contribution in [1.29, 1.82) is 0 Å². The van der Waals surface area contributed by atoms with Gasteiger partial charge in [-0.1, -0.05) is 30.4 Å². The molecule has 0 aliphatic carbocycles. The smallest absolute Gasteiger partial charge is 0.301 e. The second-order valence-electron chi connectivity index (χ2n) is 7.34. The lowest BCUT2D eigenvalue weighted by Crippen LogP contribution is -2.28. The van der Waals surface area contributed by atoms with Crippen LogP contribution >= 0.6 is 22.7 Å². The fourth-order valence-electron chi connectivity index (χ4n) is 3.79. The monoisotopic (exact) mass is 464 g/mol. The van der Waals surface area contributed by atoms with Gasteiger partial charge in [-0.15, -0.1) is 11.3 Å². The molecule has 160 valence electrons. The van der Waals surface area contributed by atoms with E-state index in [1.165, 1.54) is 51.8 Å². The van der Waals surface area contributed by atoms with Crippen molar-refractivity contribution in [2.45, 2.75) is 19.4 Å². The quantitative estimate of drug-likeness (QED) is 0.239. The number of Topliss-reactive ketones (excluding diaryl/α,β-unsaturated/α-hetero) is 1. The molecule has 0 radical (unpaired) electrons. The highest BCUT2D eigenvalue weighted by Crippen LogP contribution is 2.45. The number of nitrogens with zero attached hydrogens (tertiary/aromatic N) is 2. The Labute approximate surface area is 191 Å². The van der Waals surface area contributed by atoms with Gasteiger partial charge in [0.15, 0.2) is 5.13 Å². The van der Waals surface area contributed by atoms with Gasteiger partial charge < -0.3 is 5.11 Å². The van der Waals surface area contributed by atoms with Crippen LogP contribution in [0.2, 0.25) is 0 Å². The van der Waals surface area contributed by atoms with E-state index >= 15 is 0 Å². The Kier molecular flexibility index (Phi) is 5.11. The zero-order valence-electron chi connectivity index (χ0n) is 16.9. The predicted octanol–water partition coefficient (Wildman–Crippen LogP) is 5.69. The molecule has 1 saturated heterocycles. The average Bonchev–Trinajstić information content (AvgIpc) is 3.52. The summed E-state index contributed by atoms with van der Waals surface area (Å²) in [7, 11) is 0. The molecule has 2 aromatic carbocycles. The lowest BCUT2D eigenvalue weighted by molar-refractivity contribution is -0.132. The molecular formula is C24H17FN2O3S2. The fourth-order valence-corrected chi connectivity index (χ4v) is 5.67. The first-order chi connectivity index (χ1) is 15.5. The Morgan fingerprint density at radius 2 is 1.94 bits per heavy atom. The van der Waals surface area contributed by atoms with Crippen LogP contribution in [0.1, 0.15) is 29.0 Å². The number of anilines is 1. The number of halogens is 1. The number of aromatic nitrogens is 1. The number of rotatable bonds is 4. The third-order valence-electron chi connectivity index (χ3n) is 5.43. The van der Waals surface area contributed by atoms with Gasteiger partial charge in [0.05, 0.1) is 15.8 Å². The summed E-state index contributed by atoms with van der Waals surface area (Å²) < 4.78 is 14.3.